The van der Waals surface area contributed by atoms with Gasteiger partial charge in [-0.1, -0.05) is 0 Å². The number of ketones is 1. The fourth-order valence-corrected chi connectivity index (χ4v) is 1.29. The summed E-state index contributed by atoms with van der Waals surface area (Å²) < 4.78 is 12.7. The molecule has 0 amide bonds. The maximum atomic E-state index is 12.7. The molecule has 2 aromatic rings. The highest BCUT2D eigenvalue weighted by Crippen LogP contribution is 2.19. The molecule has 0 atom stereocenters. The van der Waals surface area contributed by atoms with E-state index in [0.717, 1.165) is 0 Å². The molecule has 0 fully saturated rings. The summed E-state index contributed by atoms with van der Waals surface area (Å²) in [6.07, 6.45) is 0. The number of aromatic amines is 1. The highest BCUT2D eigenvalue weighted by molar-refractivity contribution is 5.97. The van der Waals surface area contributed by atoms with Gasteiger partial charge in [0.15, 0.2) is 11.5 Å². The molecule has 0 bridgehead atoms. The van der Waals surface area contributed by atoms with E-state index in [0.29, 0.717) is 11.3 Å². The zero-order chi connectivity index (χ0) is 10.8. The fourth-order valence-electron chi connectivity index (χ4n) is 1.29. The Bertz CT molecular complexity index is 490. The zero-order valence-corrected chi connectivity index (χ0v) is 7.99. The van der Waals surface area contributed by atoms with Crippen molar-refractivity contribution in [1.29, 1.82) is 0 Å². The van der Waals surface area contributed by atoms with E-state index in [1.54, 1.807) is 12.1 Å². The Morgan fingerprint density at radius 2 is 1.93 bits per heavy atom. The molecule has 1 aromatic carbocycles. The molecule has 1 N–H and O–H groups in total. The van der Waals surface area contributed by atoms with E-state index in [9.17, 15) is 9.18 Å². The van der Waals surface area contributed by atoms with E-state index in [-0.39, 0.29) is 17.3 Å². The van der Waals surface area contributed by atoms with Crippen molar-refractivity contribution in [2.45, 2.75) is 6.92 Å². The maximum Gasteiger partial charge on any atom is 0.182 e. The number of hydrogen-bond acceptors (Lipinski definition) is 3. The Hall–Kier alpha value is -2.04. The van der Waals surface area contributed by atoms with E-state index in [1.807, 2.05) is 0 Å². The highest BCUT2D eigenvalue weighted by atomic mass is 19.1. The number of benzene rings is 1. The van der Waals surface area contributed by atoms with Crippen molar-refractivity contribution in [3.05, 3.63) is 35.8 Å². The van der Waals surface area contributed by atoms with Crippen molar-refractivity contribution in [3.63, 3.8) is 0 Å². The van der Waals surface area contributed by atoms with Crippen LogP contribution in [0.4, 0.5) is 4.39 Å². The first-order valence-corrected chi connectivity index (χ1v) is 4.36. The monoisotopic (exact) mass is 205 g/mol. The van der Waals surface area contributed by atoms with Crippen molar-refractivity contribution in [1.82, 2.24) is 15.4 Å². The van der Waals surface area contributed by atoms with Crippen molar-refractivity contribution in [2.75, 3.05) is 0 Å². The number of H-pyrrole nitrogens is 1. The molecule has 76 valence electrons. The largest absolute Gasteiger partial charge is 0.293 e. The lowest BCUT2D eigenvalue weighted by Gasteiger charge is -1.97. The second-order valence-corrected chi connectivity index (χ2v) is 3.08. The number of nitrogens with one attached hydrogen (secondary N) is 1. The number of rotatable bonds is 2. The minimum atomic E-state index is -0.327. The molecule has 2 rings (SSSR count). The van der Waals surface area contributed by atoms with Crippen LogP contribution >= 0.6 is 0 Å². The molecule has 0 saturated heterocycles. The van der Waals surface area contributed by atoms with Crippen LogP contribution in [0.2, 0.25) is 0 Å². The van der Waals surface area contributed by atoms with Gasteiger partial charge in [0.2, 0.25) is 0 Å². The second kappa shape index (κ2) is 3.61. The molecule has 15 heavy (non-hydrogen) atoms. The predicted molar refractivity (Wildman–Crippen MR) is 51.8 cm³/mol. The number of nitrogens with zero attached hydrogens (tertiary/aromatic N) is 2. The first kappa shape index (κ1) is 9.51. The Balaban J connectivity index is 2.49. The van der Waals surface area contributed by atoms with E-state index in [2.05, 4.69) is 15.4 Å². The molecule has 1 heterocycles. The molecule has 1 aromatic heterocycles. The maximum absolute atomic E-state index is 12.7. The molecular weight excluding hydrogens is 197 g/mol. The standard InChI is InChI=1S/C10H8FN3O/c1-6(15)9-10(13-14-12-9)7-2-4-8(11)5-3-7/h2-5H,1H3,(H,12,13,14). The minimum Gasteiger partial charge on any atom is -0.293 e. The molecule has 0 unspecified atom stereocenters. The molecule has 0 aliphatic rings. The third-order valence-corrected chi connectivity index (χ3v) is 2.00. The number of halogens is 1. The number of hydrogen-bond donors (Lipinski definition) is 1. The van der Waals surface area contributed by atoms with Gasteiger partial charge in [-0.2, -0.15) is 15.4 Å². The van der Waals surface area contributed by atoms with Gasteiger partial charge in [-0.15, -0.1) is 0 Å². The van der Waals surface area contributed by atoms with Crippen LogP contribution in [-0.2, 0) is 0 Å². The lowest BCUT2D eigenvalue weighted by Crippen LogP contribution is -1.95. The van der Waals surface area contributed by atoms with Crippen molar-refractivity contribution < 1.29 is 9.18 Å². The summed E-state index contributed by atoms with van der Waals surface area (Å²) in [5, 5.41) is 9.97. The molecule has 0 aliphatic carbocycles. The Kier molecular flexibility index (Phi) is 2.29. The summed E-state index contributed by atoms with van der Waals surface area (Å²) >= 11 is 0. The molecule has 4 nitrogen and oxygen atoms in total. The van der Waals surface area contributed by atoms with Crippen molar-refractivity contribution >= 4 is 5.78 Å². The van der Waals surface area contributed by atoms with E-state index in [4.69, 9.17) is 0 Å². The summed E-state index contributed by atoms with van der Waals surface area (Å²) in [7, 11) is 0. The predicted octanol–water partition coefficient (Wildman–Crippen LogP) is 1.81. The average Bonchev–Trinajstić information content (AvgIpc) is 2.67. The van der Waals surface area contributed by atoms with Gasteiger partial charge in [-0.05, 0) is 24.3 Å². The van der Waals surface area contributed by atoms with Crippen LogP contribution < -0.4 is 0 Å². The van der Waals surface area contributed by atoms with Crippen molar-refractivity contribution in [2.24, 2.45) is 0 Å². The van der Waals surface area contributed by atoms with Crippen LogP contribution in [0.25, 0.3) is 11.3 Å². The summed E-state index contributed by atoms with van der Waals surface area (Å²) in [4.78, 5) is 11.2. The van der Waals surface area contributed by atoms with Crippen LogP contribution in [0.5, 0.6) is 0 Å². The van der Waals surface area contributed by atoms with Gasteiger partial charge in [0.25, 0.3) is 0 Å². The van der Waals surface area contributed by atoms with Gasteiger partial charge in [0.1, 0.15) is 11.5 Å². The molecule has 0 radical (unpaired) electrons. The van der Waals surface area contributed by atoms with E-state index in [1.165, 1.54) is 19.1 Å². The van der Waals surface area contributed by atoms with E-state index < -0.39 is 0 Å². The Morgan fingerprint density at radius 1 is 1.27 bits per heavy atom. The summed E-state index contributed by atoms with van der Waals surface area (Å²) in [5.41, 5.74) is 1.37. The van der Waals surface area contributed by atoms with Gasteiger partial charge >= 0.3 is 0 Å². The van der Waals surface area contributed by atoms with Gasteiger partial charge < -0.3 is 0 Å². The quantitative estimate of drug-likeness (QED) is 0.760. The second-order valence-electron chi connectivity index (χ2n) is 3.08. The van der Waals surface area contributed by atoms with Crippen LogP contribution in [-0.4, -0.2) is 21.2 Å². The molecule has 0 aliphatic heterocycles. The third kappa shape index (κ3) is 1.76. The first-order valence-electron chi connectivity index (χ1n) is 4.36. The van der Waals surface area contributed by atoms with Gasteiger partial charge in [0, 0.05) is 12.5 Å². The van der Waals surface area contributed by atoms with Gasteiger partial charge in [-0.25, -0.2) is 4.39 Å². The number of carbonyl (C=O) groups is 1. The number of Topliss-reactive ketones (excluding diaryl/α,β-unsaturated/α-hetero) is 1. The lowest BCUT2D eigenvalue weighted by molar-refractivity contribution is 0.101. The number of carbonyl (C=O) groups excluding carboxylic acids is 1. The topological polar surface area (TPSA) is 58.6 Å². The highest BCUT2D eigenvalue weighted by Gasteiger charge is 2.13. The van der Waals surface area contributed by atoms with Crippen LogP contribution in [0.15, 0.2) is 24.3 Å². The van der Waals surface area contributed by atoms with Crippen LogP contribution in [0.1, 0.15) is 17.4 Å². The Labute approximate surface area is 85.1 Å². The fraction of sp³-hybridized carbons (Fsp3) is 0.100. The number of aromatic nitrogens is 3. The van der Waals surface area contributed by atoms with E-state index >= 15 is 0 Å². The average molecular weight is 205 g/mol. The molecule has 0 spiro atoms. The normalized spacial score (nSPS) is 10.3. The smallest absolute Gasteiger partial charge is 0.182 e. The third-order valence-electron chi connectivity index (χ3n) is 2.00. The molecule has 0 saturated carbocycles. The van der Waals surface area contributed by atoms with Crippen LogP contribution in [0.3, 0.4) is 0 Å². The lowest BCUT2D eigenvalue weighted by atomic mass is 10.1. The molecular formula is C10H8FN3O. The van der Waals surface area contributed by atoms with Gasteiger partial charge in [-0.3, -0.25) is 4.79 Å². The zero-order valence-electron chi connectivity index (χ0n) is 7.99. The van der Waals surface area contributed by atoms with Crippen LogP contribution in [0, 0.1) is 5.82 Å². The minimum absolute atomic E-state index is 0.178. The summed E-state index contributed by atoms with van der Waals surface area (Å²) in [6, 6.07) is 5.74. The van der Waals surface area contributed by atoms with Gasteiger partial charge in [0.05, 0.1) is 0 Å². The van der Waals surface area contributed by atoms with Crippen molar-refractivity contribution in [3.8, 4) is 11.3 Å². The summed E-state index contributed by atoms with van der Waals surface area (Å²) in [6.45, 7) is 1.41. The molecule has 5 heteroatoms. The SMILES string of the molecule is CC(=O)c1n[nH]nc1-c1ccc(F)cc1. The first-order chi connectivity index (χ1) is 7.18. The Morgan fingerprint density at radius 3 is 2.53 bits per heavy atom. The summed E-state index contributed by atoms with van der Waals surface area (Å²) in [5.74, 6) is -0.505.